The van der Waals surface area contributed by atoms with Gasteiger partial charge in [-0.2, -0.15) is 0 Å². The summed E-state index contributed by atoms with van der Waals surface area (Å²) in [7, 11) is -0.495. The van der Waals surface area contributed by atoms with Crippen LogP contribution in [0.15, 0.2) is 29.2 Å². The van der Waals surface area contributed by atoms with E-state index in [2.05, 4.69) is 5.32 Å². The highest BCUT2D eigenvalue weighted by molar-refractivity contribution is 7.89. The summed E-state index contributed by atoms with van der Waals surface area (Å²) in [5, 5.41) is 3.70. The lowest BCUT2D eigenvalue weighted by Gasteiger charge is -2.13. The molecule has 2 rings (SSSR count). The number of aryl methyl sites for hydroxylation is 1. The smallest absolute Gasteiger partial charge is 0.268 e. The average Bonchev–Trinajstić information content (AvgIpc) is 2.92. The first-order valence-electron chi connectivity index (χ1n) is 8.09. The number of sulfonamides is 1. The molecule has 0 radical (unpaired) electrons. The first-order valence-corrected chi connectivity index (χ1v) is 9.53. The van der Waals surface area contributed by atoms with E-state index >= 15 is 0 Å². The maximum absolute atomic E-state index is 12.5. The fourth-order valence-electron chi connectivity index (χ4n) is 2.55. The third-order valence-corrected chi connectivity index (χ3v) is 6.00. The summed E-state index contributed by atoms with van der Waals surface area (Å²) in [5.41, 5.74) is 1.40. The van der Waals surface area contributed by atoms with Gasteiger partial charge in [0.05, 0.1) is 4.90 Å². The van der Waals surface area contributed by atoms with Crippen molar-refractivity contribution < 1.29 is 13.2 Å². The number of hydrogen-bond donors (Lipinski definition) is 1. The van der Waals surface area contributed by atoms with Gasteiger partial charge in [-0.1, -0.05) is 6.92 Å². The summed E-state index contributed by atoms with van der Waals surface area (Å²) in [5.74, 6) is -0.139. The second-order valence-corrected chi connectivity index (χ2v) is 8.22. The van der Waals surface area contributed by atoms with Crippen molar-refractivity contribution in [3.63, 3.8) is 0 Å². The number of nitrogens with one attached hydrogen (secondary N) is 1. The lowest BCUT2D eigenvalue weighted by Crippen LogP contribution is -2.33. The van der Waals surface area contributed by atoms with Crippen LogP contribution in [0.2, 0.25) is 0 Å². The Kier molecular flexibility index (Phi) is 5.35. The van der Waals surface area contributed by atoms with E-state index in [1.54, 1.807) is 24.3 Å². The number of aromatic nitrogens is 1. The number of nitrogens with zero attached hydrogens (tertiary/aromatic N) is 2. The summed E-state index contributed by atoms with van der Waals surface area (Å²) in [4.78, 5) is 12.7. The van der Waals surface area contributed by atoms with E-state index in [1.807, 2.05) is 25.3 Å². The molecule has 0 saturated carbocycles. The molecule has 1 aromatic carbocycles. The highest BCUT2D eigenvalue weighted by Gasteiger charge is 2.20. The topological polar surface area (TPSA) is 71.4 Å². The van der Waals surface area contributed by atoms with Crippen molar-refractivity contribution in [2.45, 2.75) is 44.7 Å². The Morgan fingerprint density at radius 3 is 2.46 bits per heavy atom. The predicted molar refractivity (Wildman–Crippen MR) is 95.7 cm³/mol. The third kappa shape index (κ3) is 3.32. The Morgan fingerprint density at radius 1 is 1.25 bits per heavy atom. The average molecular weight is 351 g/mol. The van der Waals surface area contributed by atoms with Crippen LogP contribution in [-0.4, -0.2) is 43.3 Å². The van der Waals surface area contributed by atoms with E-state index < -0.39 is 10.0 Å². The highest BCUT2D eigenvalue weighted by Crippen LogP contribution is 2.24. The summed E-state index contributed by atoms with van der Waals surface area (Å²) >= 11 is 0. The Morgan fingerprint density at radius 2 is 1.92 bits per heavy atom. The van der Waals surface area contributed by atoms with Gasteiger partial charge < -0.3 is 9.88 Å². The molecule has 2 aromatic rings. The summed E-state index contributed by atoms with van der Waals surface area (Å²) < 4.78 is 27.7. The normalized spacial score (nSPS) is 13.4. The lowest BCUT2D eigenvalue weighted by molar-refractivity contribution is 0.0930. The van der Waals surface area contributed by atoms with Crippen LogP contribution in [0.1, 0.15) is 37.7 Å². The maximum Gasteiger partial charge on any atom is 0.268 e. The van der Waals surface area contributed by atoms with E-state index in [0.29, 0.717) is 12.2 Å². The Labute approximate surface area is 143 Å². The van der Waals surface area contributed by atoms with E-state index in [1.165, 1.54) is 18.4 Å². The van der Waals surface area contributed by atoms with Gasteiger partial charge in [0, 0.05) is 37.6 Å². The molecule has 7 heteroatoms. The minimum atomic E-state index is -3.50. The van der Waals surface area contributed by atoms with E-state index in [-0.39, 0.29) is 16.8 Å². The van der Waals surface area contributed by atoms with Gasteiger partial charge in [0.15, 0.2) is 0 Å². The predicted octanol–water partition coefficient (Wildman–Crippen LogP) is 2.44. The third-order valence-electron chi connectivity index (χ3n) is 4.19. The Hall–Kier alpha value is -1.86. The second-order valence-electron chi connectivity index (χ2n) is 6.06. The molecule has 1 aromatic heterocycles. The van der Waals surface area contributed by atoms with Crippen LogP contribution < -0.4 is 5.32 Å². The molecule has 132 valence electrons. The molecule has 0 fully saturated rings. The van der Waals surface area contributed by atoms with E-state index in [0.717, 1.165) is 17.3 Å². The van der Waals surface area contributed by atoms with Crippen LogP contribution in [0.5, 0.6) is 0 Å². The van der Waals surface area contributed by atoms with Crippen molar-refractivity contribution in [1.82, 2.24) is 14.2 Å². The van der Waals surface area contributed by atoms with Gasteiger partial charge in [0.25, 0.3) is 5.91 Å². The second kappa shape index (κ2) is 6.94. The van der Waals surface area contributed by atoms with Crippen LogP contribution in [0.4, 0.5) is 0 Å². The number of carbonyl (C=O) groups excluding carboxylic acids is 1. The van der Waals surface area contributed by atoms with Crippen molar-refractivity contribution in [3.05, 3.63) is 30.0 Å². The number of carbonyl (C=O) groups is 1. The van der Waals surface area contributed by atoms with Crippen molar-refractivity contribution >= 4 is 26.8 Å². The fraction of sp³-hybridized carbons (Fsp3) is 0.471. The molecule has 0 bridgehead atoms. The largest absolute Gasteiger partial charge is 0.348 e. The minimum Gasteiger partial charge on any atom is -0.348 e. The molecule has 0 saturated heterocycles. The molecule has 0 aliphatic rings. The number of benzene rings is 1. The van der Waals surface area contributed by atoms with Gasteiger partial charge in [-0.15, -0.1) is 0 Å². The zero-order chi connectivity index (χ0) is 18.1. The van der Waals surface area contributed by atoms with Crippen molar-refractivity contribution in [2.75, 3.05) is 14.1 Å². The first kappa shape index (κ1) is 18.5. The molecule has 1 amide bonds. The monoisotopic (exact) mass is 351 g/mol. The van der Waals surface area contributed by atoms with Crippen LogP contribution in [-0.2, 0) is 16.6 Å². The molecule has 1 heterocycles. The van der Waals surface area contributed by atoms with Gasteiger partial charge in [0.2, 0.25) is 10.0 Å². The van der Waals surface area contributed by atoms with Crippen molar-refractivity contribution in [2.24, 2.45) is 0 Å². The lowest BCUT2D eigenvalue weighted by atomic mass is 10.2. The zero-order valence-corrected chi connectivity index (χ0v) is 15.6. The molecule has 24 heavy (non-hydrogen) atoms. The maximum atomic E-state index is 12.5. The molecule has 0 aliphatic heterocycles. The zero-order valence-electron chi connectivity index (χ0n) is 14.8. The molecule has 1 atom stereocenters. The summed E-state index contributed by atoms with van der Waals surface area (Å²) in [6, 6.07) is 6.81. The van der Waals surface area contributed by atoms with Crippen LogP contribution in [0, 0.1) is 0 Å². The van der Waals surface area contributed by atoms with E-state index in [9.17, 15) is 13.2 Å². The molecule has 0 unspecified atom stereocenters. The van der Waals surface area contributed by atoms with Crippen molar-refractivity contribution in [3.8, 4) is 0 Å². The molecule has 0 aliphatic carbocycles. The van der Waals surface area contributed by atoms with Crippen molar-refractivity contribution in [1.29, 1.82) is 0 Å². The van der Waals surface area contributed by atoms with Crippen LogP contribution >= 0.6 is 0 Å². The van der Waals surface area contributed by atoms with Gasteiger partial charge in [-0.3, -0.25) is 4.79 Å². The number of amides is 1. The number of fused-ring (bicyclic) bond motifs is 1. The Balaban J connectivity index is 2.54. The van der Waals surface area contributed by atoms with Gasteiger partial charge in [0.1, 0.15) is 5.69 Å². The molecular formula is C17H25N3O3S. The Bertz CT molecular complexity index is 853. The first-order chi connectivity index (χ1) is 11.2. The van der Waals surface area contributed by atoms with Gasteiger partial charge in [-0.05, 0) is 44.5 Å². The molecular weight excluding hydrogens is 326 g/mol. The van der Waals surface area contributed by atoms with Crippen LogP contribution in [0.3, 0.4) is 0 Å². The minimum absolute atomic E-state index is 0.0884. The quantitative estimate of drug-likeness (QED) is 0.869. The van der Waals surface area contributed by atoms with Gasteiger partial charge in [-0.25, -0.2) is 12.7 Å². The summed E-state index contributed by atoms with van der Waals surface area (Å²) in [6.07, 6.45) is 0.851. The van der Waals surface area contributed by atoms with Gasteiger partial charge >= 0.3 is 0 Å². The summed E-state index contributed by atoms with van der Waals surface area (Å²) in [6.45, 7) is 6.56. The van der Waals surface area contributed by atoms with Crippen LogP contribution in [0.25, 0.3) is 10.9 Å². The highest BCUT2D eigenvalue weighted by atomic mass is 32.2. The number of hydrogen-bond acceptors (Lipinski definition) is 3. The number of rotatable bonds is 6. The molecule has 6 nitrogen and oxygen atoms in total. The van der Waals surface area contributed by atoms with E-state index in [4.69, 9.17) is 0 Å². The molecule has 1 N–H and O–H groups in total. The SMILES string of the molecule is CC[C@@H](C)NC(=O)c1cc2cc(S(=O)(=O)N(C)C)ccc2n1CC. The standard InChI is InChI=1S/C17H25N3O3S/c1-6-12(3)18-17(21)16-11-13-10-14(24(22,23)19(4)5)8-9-15(13)20(16)7-2/h8-12H,6-7H2,1-5H3,(H,18,21)/t12-/m1/s1. The fourth-order valence-corrected chi connectivity index (χ4v) is 3.49. The molecule has 0 spiro atoms.